The van der Waals surface area contributed by atoms with Crippen LogP contribution in [0.2, 0.25) is 0 Å². The van der Waals surface area contributed by atoms with Gasteiger partial charge >= 0.3 is 0 Å². The van der Waals surface area contributed by atoms with Crippen LogP contribution >= 0.6 is 0 Å². The van der Waals surface area contributed by atoms with Crippen molar-refractivity contribution >= 4 is 87.2 Å². The molecular formula is C56H79N15O11. The smallest absolute Gasteiger partial charge is 0.240 e. The van der Waals surface area contributed by atoms with E-state index in [4.69, 9.17) is 40.1 Å². The Balaban J connectivity index is 1.82. The highest BCUT2D eigenvalue weighted by Crippen LogP contribution is 2.24. The Labute approximate surface area is 475 Å². The van der Waals surface area contributed by atoms with E-state index in [1.807, 2.05) is 36.4 Å². The van der Waals surface area contributed by atoms with E-state index < -0.39 is 133 Å². The summed E-state index contributed by atoms with van der Waals surface area (Å²) in [4.78, 5) is 151. The number of nitrogens with two attached hydrogens (primary N) is 7. The SMILES string of the molecule is CC(=O)C[C@H]1CCC(=O)NC[C@@H](C(=O)N[C@@H](CCCN=C(N)N)C(N)=O)CC(=O)CNC(=O)[C@H](Cc2ccc3ccccc3c2)CC(=O)[C@@H](CCCN=C(N)N)NC(=O)[C@H](CCCN=C(N)N)CC(=O)[C@H](Cc2ccc(O)cc2)NC1=O. The summed E-state index contributed by atoms with van der Waals surface area (Å²) >= 11 is 0. The zero-order valence-corrected chi connectivity index (χ0v) is 46.2. The number of carbonyl (C=O) groups excluding carboxylic acids is 10. The van der Waals surface area contributed by atoms with Crippen LogP contribution in [-0.4, -0.2) is 132 Å². The van der Waals surface area contributed by atoms with Crippen LogP contribution in [0.5, 0.6) is 5.75 Å². The lowest BCUT2D eigenvalue weighted by molar-refractivity contribution is -0.136. The first-order valence-electron chi connectivity index (χ1n) is 27.2. The van der Waals surface area contributed by atoms with Crippen molar-refractivity contribution in [1.82, 2.24) is 26.6 Å². The average Bonchev–Trinajstić information content (AvgIpc) is 3.60. The Morgan fingerprint density at radius 1 is 0.634 bits per heavy atom. The van der Waals surface area contributed by atoms with Crippen molar-refractivity contribution in [1.29, 1.82) is 0 Å². The number of aliphatic imine (C=N–C) groups is 3. The third-order valence-corrected chi connectivity index (χ3v) is 13.7. The molecule has 3 aromatic carbocycles. The fraction of sp³-hybridized carbons (Fsp3) is 0.482. The van der Waals surface area contributed by atoms with Gasteiger partial charge in [0.2, 0.25) is 35.4 Å². The summed E-state index contributed by atoms with van der Waals surface area (Å²) in [7, 11) is 0. The minimum absolute atomic E-state index is 0.00132. The van der Waals surface area contributed by atoms with Gasteiger partial charge in [-0.3, -0.25) is 58.1 Å². The Morgan fingerprint density at radius 3 is 1.84 bits per heavy atom. The predicted octanol–water partition coefficient (Wildman–Crippen LogP) is -1.22. The average molecular weight is 1140 g/mol. The van der Waals surface area contributed by atoms with Crippen LogP contribution in [0.15, 0.2) is 81.7 Å². The van der Waals surface area contributed by atoms with Crippen molar-refractivity contribution in [3.63, 3.8) is 0 Å². The second-order valence-corrected chi connectivity index (χ2v) is 20.5. The van der Waals surface area contributed by atoms with E-state index in [1.165, 1.54) is 31.2 Å². The number of hydrogen-bond acceptors (Lipinski definition) is 14. The second kappa shape index (κ2) is 33.6. The molecular weight excluding hydrogens is 1060 g/mol. The molecule has 7 atom stereocenters. The maximum absolute atomic E-state index is 14.8. The lowest BCUT2D eigenvalue weighted by Crippen LogP contribution is -2.49. The molecule has 26 nitrogen and oxygen atoms in total. The number of phenols is 1. The van der Waals surface area contributed by atoms with E-state index >= 15 is 0 Å². The van der Waals surface area contributed by atoms with Gasteiger partial charge in [-0.05, 0) is 98.7 Å². The van der Waals surface area contributed by atoms with E-state index in [9.17, 15) is 53.1 Å². The number of amides is 6. The largest absolute Gasteiger partial charge is 0.508 e. The molecule has 0 aromatic heterocycles. The molecule has 0 spiro atoms. The molecule has 0 radical (unpaired) electrons. The molecule has 0 unspecified atom stereocenters. The molecule has 444 valence electrons. The Kier molecular flexibility index (Phi) is 26.8. The van der Waals surface area contributed by atoms with Gasteiger partial charge in [0.05, 0.1) is 24.5 Å². The molecule has 1 saturated heterocycles. The highest BCUT2D eigenvalue weighted by Gasteiger charge is 2.35. The van der Waals surface area contributed by atoms with Crippen molar-refractivity contribution < 1.29 is 53.1 Å². The quantitative estimate of drug-likeness (QED) is 0.0338. The molecule has 1 heterocycles. The molecule has 6 amide bonds. The molecule has 0 aliphatic carbocycles. The number of ketones is 4. The van der Waals surface area contributed by atoms with E-state index in [0.29, 0.717) is 11.1 Å². The number of nitrogens with one attached hydrogen (secondary N) is 5. The van der Waals surface area contributed by atoms with E-state index in [1.54, 1.807) is 6.07 Å². The topological polar surface area (TPSA) is 470 Å². The number of phenolic OH excluding ortho intramolecular Hbond substituents is 1. The van der Waals surface area contributed by atoms with Gasteiger partial charge in [-0.2, -0.15) is 0 Å². The third-order valence-electron chi connectivity index (χ3n) is 13.7. The van der Waals surface area contributed by atoms with Crippen LogP contribution in [-0.2, 0) is 60.8 Å². The summed E-state index contributed by atoms with van der Waals surface area (Å²) < 4.78 is 0. The number of hydrogen-bond donors (Lipinski definition) is 13. The standard InChI is InChI=1S/C56H79N15O11/c1-32(72)23-38-16-19-48(77)67-30-40(53(82)70-44(49(57)78)11-6-22-66-56(62)63)27-42(74)31-68-50(79)39(25-34-12-15-35-7-2-3-8-36(35)24-34)29-46(75)43(10-5-21-65-55(60)61)69-51(80)37(9-4-20-64-54(58)59)28-47(76)45(71-52(38)81)26-33-13-17-41(73)18-14-33/h2-3,7-8,12-15,17-18,24,37-40,43-45,73H,4-6,9-11,16,19-23,25-31H2,1H3,(H2,57,78)(H,67,77)(H,68,79)(H,69,80)(H,70,82)(H,71,81)(H4,58,59,64)(H4,60,61,65)(H4,62,63,66)/t37-,38-,39-,40+,43-,44+,45+/m1/s1. The summed E-state index contributed by atoms with van der Waals surface area (Å²) in [5.41, 5.74) is 40.0. The number of nitrogens with zero attached hydrogens (tertiary/aromatic N) is 3. The molecule has 1 fully saturated rings. The monoisotopic (exact) mass is 1140 g/mol. The van der Waals surface area contributed by atoms with Gasteiger partial charge in [-0.15, -0.1) is 0 Å². The van der Waals surface area contributed by atoms with E-state index in [-0.39, 0.29) is 114 Å². The minimum Gasteiger partial charge on any atom is -0.508 e. The van der Waals surface area contributed by atoms with Crippen LogP contribution in [0.1, 0.15) is 95.1 Å². The van der Waals surface area contributed by atoms with Crippen molar-refractivity contribution in [3.05, 3.63) is 77.9 Å². The van der Waals surface area contributed by atoms with Crippen LogP contribution < -0.4 is 66.7 Å². The third kappa shape index (κ3) is 23.8. The van der Waals surface area contributed by atoms with Crippen LogP contribution in [0, 0.1) is 23.7 Å². The van der Waals surface area contributed by atoms with Gasteiger partial charge in [-0.1, -0.05) is 54.6 Å². The molecule has 3 aromatic rings. The van der Waals surface area contributed by atoms with Crippen molar-refractivity contribution in [2.75, 3.05) is 32.7 Å². The summed E-state index contributed by atoms with van der Waals surface area (Å²) in [6, 6.07) is 15.0. The Bertz CT molecular complexity index is 2830. The maximum atomic E-state index is 14.8. The highest BCUT2D eigenvalue weighted by atomic mass is 16.3. The van der Waals surface area contributed by atoms with Crippen molar-refractivity contribution in [3.8, 4) is 5.75 Å². The normalized spacial score (nSPS) is 20.6. The number of Topliss-reactive ketones (excluding diaryl/α,β-unsaturated/α-hetero) is 4. The zero-order valence-electron chi connectivity index (χ0n) is 46.2. The first kappa shape index (κ1) is 65.5. The van der Waals surface area contributed by atoms with Crippen molar-refractivity contribution in [2.24, 2.45) is 78.8 Å². The molecule has 26 heteroatoms. The number of primary amides is 1. The fourth-order valence-electron chi connectivity index (χ4n) is 9.38. The first-order valence-corrected chi connectivity index (χ1v) is 27.2. The molecule has 0 saturated carbocycles. The second-order valence-electron chi connectivity index (χ2n) is 20.5. The Hall–Kier alpha value is -8.97. The van der Waals surface area contributed by atoms with Crippen molar-refractivity contribution in [2.45, 2.75) is 115 Å². The zero-order chi connectivity index (χ0) is 60.3. The van der Waals surface area contributed by atoms with E-state index in [2.05, 4.69) is 41.6 Å². The summed E-state index contributed by atoms with van der Waals surface area (Å²) in [6.07, 6.45) is -2.06. The lowest BCUT2D eigenvalue weighted by Gasteiger charge is -2.26. The molecule has 1 aliphatic heterocycles. The van der Waals surface area contributed by atoms with Gasteiger partial charge in [0.15, 0.2) is 35.2 Å². The number of aromatic hydroxyl groups is 1. The highest BCUT2D eigenvalue weighted by molar-refractivity contribution is 5.98. The fourth-order valence-corrected chi connectivity index (χ4v) is 9.38. The number of fused-ring (bicyclic) bond motifs is 1. The lowest BCUT2D eigenvalue weighted by atomic mass is 9.88. The van der Waals surface area contributed by atoms with Crippen LogP contribution in [0.4, 0.5) is 0 Å². The first-order chi connectivity index (χ1) is 39.0. The van der Waals surface area contributed by atoms with Gasteiger partial charge in [-0.25, -0.2) is 0 Å². The van der Waals surface area contributed by atoms with Gasteiger partial charge in [0, 0.05) is 76.0 Å². The molecule has 20 N–H and O–H groups in total. The van der Waals surface area contributed by atoms with E-state index in [0.717, 1.165) is 10.8 Å². The number of carbonyl (C=O) groups is 10. The van der Waals surface area contributed by atoms with Gasteiger partial charge in [0.25, 0.3) is 0 Å². The van der Waals surface area contributed by atoms with Crippen LogP contribution in [0.25, 0.3) is 10.8 Å². The molecule has 0 bridgehead atoms. The summed E-state index contributed by atoms with van der Waals surface area (Å²) in [5, 5.41) is 25.2. The predicted molar refractivity (Wildman–Crippen MR) is 308 cm³/mol. The molecule has 4 rings (SSSR count). The number of rotatable bonds is 21. The maximum Gasteiger partial charge on any atom is 0.240 e. The number of benzene rings is 3. The summed E-state index contributed by atoms with van der Waals surface area (Å²) in [6.45, 7) is 0.356. The minimum atomic E-state index is -1.35. The number of guanidine groups is 3. The van der Waals surface area contributed by atoms with Gasteiger partial charge < -0.3 is 76.6 Å². The molecule has 1 aliphatic rings. The Morgan fingerprint density at radius 2 is 1.21 bits per heavy atom. The van der Waals surface area contributed by atoms with Gasteiger partial charge in [0.1, 0.15) is 17.6 Å². The van der Waals surface area contributed by atoms with Crippen LogP contribution in [0.3, 0.4) is 0 Å². The summed E-state index contributed by atoms with van der Waals surface area (Å²) in [5.74, 6) is -12.5. The molecule has 82 heavy (non-hydrogen) atoms.